The van der Waals surface area contributed by atoms with Crippen LogP contribution in [0.3, 0.4) is 0 Å². The molecule has 4 N–H and O–H groups in total. The van der Waals surface area contributed by atoms with Gasteiger partial charge in [0.05, 0.1) is 34.9 Å². The number of imide groups is 2. The molecule has 1 unspecified atom stereocenters. The number of nitrogens with one attached hydrogen (secondary N) is 4. The fourth-order valence-electron chi connectivity index (χ4n) is 9.23. The summed E-state index contributed by atoms with van der Waals surface area (Å²) in [7, 11) is 3.58. The summed E-state index contributed by atoms with van der Waals surface area (Å²) in [6.07, 6.45) is 6.13. The Kier molecular flexibility index (Phi) is 12.8. The van der Waals surface area contributed by atoms with E-state index in [0.717, 1.165) is 47.3 Å². The topological polar surface area (TPSA) is 204 Å². The quantitative estimate of drug-likeness (QED) is 0.0855. The standard InChI is InChI=1S/C49H51N9O8S/c1-28-32(9-6-11-34(28)53-45(61)39-26-30-8-4-5-13-38(30)67-39)36-27-56(3)49(65)43(52-36)51-31-16-14-29(15-17-31)42-48(64)57(22-21-55(42)2)23-25-66-24-20-50-35-12-7-10-33-41(35)47(63)58(46(33)62)37-18-19-40(59)54-44(37)60/h6-7,9-12,14-17,26-27,37,42,50H,4-5,8,13,18-25H2,1-3H3,(H,51,52)(H,53,61)(H,54,59,60)/t37?,42-/m1/s1. The van der Waals surface area contributed by atoms with E-state index in [-0.39, 0.29) is 60.4 Å². The van der Waals surface area contributed by atoms with E-state index in [0.29, 0.717) is 53.8 Å². The van der Waals surface area contributed by atoms with Crippen LogP contribution in [0.15, 0.2) is 77.7 Å². The van der Waals surface area contributed by atoms with Crippen LogP contribution in [0, 0.1) is 6.92 Å². The molecule has 5 heterocycles. The predicted molar refractivity (Wildman–Crippen MR) is 253 cm³/mol. The van der Waals surface area contributed by atoms with E-state index in [1.54, 1.807) is 47.7 Å². The number of hydrogen-bond donors (Lipinski definition) is 4. The van der Waals surface area contributed by atoms with Crippen molar-refractivity contribution in [1.29, 1.82) is 0 Å². The van der Waals surface area contributed by atoms with E-state index in [1.807, 2.05) is 67.4 Å². The summed E-state index contributed by atoms with van der Waals surface area (Å²) < 4.78 is 7.37. The number of aryl methyl sites for hydroxylation is 3. The Morgan fingerprint density at radius 1 is 0.881 bits per heavy atom. The second kappa shape index (κ2) is 19.1. The molecule has 17 nitrogen and oxygen atoms in total. The number of benzene rings is 3. The highest BCUT2D eigenvalue weighted by atomic mass is 32.1. The van der Waals surface area contributed by atoms with Crippen molar-refractivity contribution in [3.8, 4) is 11.3 Å². The Hall–Kier alpha value is -7.02. The number of carbonyl (C=O) groups is 6. The molecule has 67 heavy (non-hydrogen) atoms. The van der Waals surface area contributed by atoms with Crippen LogP contribution in [-0.2, 0) is 39.0 Å². The number of anilines is 4. The van der Waals surface area contributed by atoms with Gasteiger partial charge in [-0.3, -0.25) is 48.7 Å². The Morgan fingerprint density at radius 2 is 1.64 bits per heavy atom. The van der Waals surface area contributed by atoms with Crippen molar-refractivity contribution in [1.82, 2.24) is 29.6 Å². The molecular weight excluding hydrogens is 875 g/mol. The van der Waals surface area contributed by atoms with Gasteiger partial charge in [-0.2, -0.15) is 0 Å². The number of thiophene rings is 1. The number of hydrogen-bond acceptors (Lipinski definition) is 13. The fourth-order valence-corrected chi connectivity index (χ4v) is 10.4. The average Bonchev–Trinajstić information content (AvgIpc) is 3.87. The first-order chi connectivity index (χ1) is 32.4. The number of nitrogens with zero attached hydrogens (tertiary/aromatic N) is 5. The summed E-state index contributed by atoms with van der Waals surface area (Å²) in [5.41, 5.74) is 6.00. The van der Waals surface area contributed by atoms with Crippen molar-refractivity contribution >= 4 is 69.7 Å². The lowest BCUT2D eigenvalue weighted by molar-refractivity contribution is -0.142. The van der Waals surface area contributed by atoms with Crippen molar-refractivity contribution in [2.75, 3.05) is 62.4 Å². The molecule has 0 spiro atoms. The molecule has 2 atom stereocenters. The van der Waals surface area contributed by atoms with Gasteiger partial charge in [-0.05, 0) is 99.2 Å². The highest BCUT2D eigenvalue weighted by Gasteiger charge is 2.45. The van der Waals surface area contributed by atoms with Crippen LogP contribution in [0.5, 0.6) is 0 Å². The summed E-state index contributed by atoms with van der Waals surface area (Å²) in [6, 6.07) is 18.3. The summed E-state index contributed by atoms with van der Waals surface area (Å²) in [6.45, 7) is 4.31. The summed E-state index contributed by atoms with van der Waals surface area (Å²) in [5.74, 6) is -2.34. The summed E-state index contributed by atoms with van der Waals surface area (Å²) in [5, 5.41) is 11.7. The van der Waals surface area contributed by atoms with Crippen LogP contribution in [-0.4, -0.2) is 112 Å². The molecular formula is C49H51N9O8S. The highest BCUT2D eigenvalue weighted by molar-refractivity contribution is 7.14. The van der Waals surface area contributed by atoms with Crippen molar-refractivity contribution in [3.63, 3.8) is 0 Å². The van der Waals surface area contributed by atoms with Gasteiger partial charge in [0.1, 0.15) is 12.1 Å². The Balaban J connectivity index is 0.788. The predicted octanol–water partition coefficient (Wildman–Crippen LogP) is 5.04. The molecule has 6 amide bonds. The van der Waals surface area contributed by atoms with E-state index in [1.165, 1.54) is 15.0 Å². The van der Waals surface area contributed by atoms with Crippen molar-refractivity contribution < 1.29 is 33.5 Å². The zero-order valence-electron chi connectivity index (χ0n) is 37.5. The molecule has 9 rings (SSSR count). The summed E-state index contributed by atoms with van der Waals surface area (Å²) in [4.78, 5) is 103. The van der Waals surface area contributed by atoms with E-state index in [4.69, 9.17) is 9.72 Å². The molecule has 2 aromatic heterocycles. The monoisotopic (exact) mass is 925 g/mol. The number of rotatable bonds is 14. The van der Waals surface area contributed by atoms with Crippen LogP contribution in [0.1, 0.15) is 83.7 Å². The second-order valence-electron chi connectivity index (χ2n) is 17.3. The second-order valence-corrected chi connectivity index (χ2v) is 18.4. The molecule has 2 saturated heterocycles. The van der Waals surface area contributed by atoms with Crippen LogP contribution < -0.4 is 26.8 Å². The van der Waals surface area contributed by atoms with Gasteiger partial charge in [-0.15, -0.1) is 11.3 Å². The van der Waals surface area contributed by atoms with Gasteiger partial charge in [0.15, 0.2) is 5.82 Å². The lowest BCUT2D eigenvalue weighted by Crippen LogP contribution is -2.54. The third-order valence-electron chi connectivity index (χ3n) is 12.9. The van der Waals surface area contributed by atoms with Crippen LogP contribution in [0.4, 0.5) is 22.9 Å². The van der Waals surface area contributed by atoms with Gasteiger partial charge in [0, 0.05) is 73.3 Å². The van der Waals surface area contributed by atoms with E-state index in [9.17, 15) is 33.6 Å². The van der Waals surface area contributed by atoms with Gasteiger partial charge < -0.3 is 30.2 Å². The fraction of sp³-hybridized carbons (Fsp3) is 0.347. The number of piperazine rings is 1. The highest BCUT2D eigenvalue weighted by Crippen LogP contribution is 2.34. The number of piperidine rings is 1. The normalized spacial score (nSPS) is 18.5. The lowest BCUT2D eigenvalue weighted by Gasteiger charge is -2.39. The number of fused-ring (bicyclic) bond motifs is 2. The molecule has 2 fully saturated rings. The minimum absolute atomic E-state index is 0.0387. The molecule has 0 saturated carbocycles. The Labute approximate surface area is 390 Å². The lowest BCUT2D eigenvalue weighted by atomic mass is 9.99. The number of carbonyl (C=O) groups excluding carboxylic acids is 6. The first kappa shape index (κ1) is 45.1. The maximum absolute atomic E-state index is 13.9. The minimum Gasteiger partial charge on any atom is -0.382 e. The molecule has 0 radical (unpaired) electrons. The summed E-state index contributed by atoms with van der Waals surface area (Å²) >= 11 is 1.57. The minimum atomic E-state index is -1.05. The van der Waals surface area contributed by atoms with Crippen LogP contribution >= 0.6 is 11.3 Å². The van der Waals surface area contributed by atoms with Gasteiger partial charge in [0.25, 0.3) is 23.3 Å². The van der Waals surface area contributed by atoms with Gasteiger partial charge in [0.2, 0.25) is 17.7 Å². The van der Waals surface area contributed by atoms with Crippen molar-refractivity contribution in [2.45, 2.75) is 57.5 Å². The first-order valence-electron chi connectivity index (χ1n) is 22.5. The number of aromatic nitrogens is 2. The van der Waals surface area contributed by atoms with E-state index in [2.05, 4.69) is 21.3 Å². The average molecular weight is 926 g/mol. The van der Waals surface area contributed by atoms with Gasteiger partial charge in [-0.1, -0.05) is 30.3 Å². The van der Waals surface area contributed by atoms with Gasteiger partial charge in [-0.25, -0.2) is 4.98 Å². The Bertz CT molecular complexity index is 2850. The van der Waals surface area contributed by atoms with Crippen LogP contribution in [0.25, 0.3) is 11.3 Å². The number of amides is 6. The molecule has 1 aliphatic carbocycles. The molecule has 5 aromatic rings. The zero-order valence-corrected chi connectivity index (χ0v) is 38.3. The molecule has 0 bridgehead atoms. The number of ether oxygens (including phenoxy) is 1. The van der Waals surface area contributed by atoms with Crippen molar-refractivity contribution in [2.24, 2.45) is 7.05 Å². The van der Waals surface area contributed by atoms with Crippen molar-refractivity contribution in [3.05, 3.63) is 121 Å². The van der Waals surface area contributed by atoms with Gasteiger partial charge >= 0.3 is 0 Å². The molecule has 3 aliphatic heterocycles. The third-order valence-corrected chi connectivity index (χ3v) is 14.1. The smallest absolute Gasteiger partial charge is 0.293 e. The molecule has 346 valence electrons. The maximum atomic E-state index is 13.9. The first-order valence-corrected chi connectivity index (χ1v) is 23.3. The number of likely N-dealkylation sites (N-methyl/N-ethyl adjacent to an activating group) is 1. The largest absolute Gasteiger partial charge is 0.382 e. The molecule has 3 aromatic carbocycles. The SMILES string of the molecule is Cc1c(NC(=O)c2cc3c(s2)CCCC3)cccc1-c1cn(C)c(=O)c(Nc2ccc([C@@H]3C(=O)N(CCOCCNc4cccc5c4C(=O)N(C4CCC(=O)NC4=O)C5=O)CCN3C)cc2)n1. The van der Waals surface area contributed by atoms with E-state index < -0.39 is 35.7 Å². The van der Waals surface area contributed by atoms with Crippen LogP contribution in [0.2, 0.25) is 0 Å². The molecule has 4 aliphatic rings. The Morgan fingerprint density at radius 3 is 2.42 bits per heavy atom. The maximum Gasteiger partial charge on any atom is 0.293 e. The third kappa shape index (κ3) is 9.11. The molecule has 18 heteroatoms. The zero-order chi connectivity index (χ0) is 46.9. The van der Waals surface area contributed by atoms with E-state index >= 15 is 0 Å².